The standard InChI is InChI=1S/C22H24N4O3S2.H2/c1-16-4-2-3-5-17(16)10-12-23-20-11-14-26(21(20)27)18-6-8-19(9-7-18)31(28,29)25-22-24-13-15-30-22;/h2-9,13,15,20,23H,10-12,14H2,1H3,(H,24,25);1H/t20-;/m0./s1. The third kappa shape index (κ3) is 4.95. The Morgan fingerprint density at radius 2 is 1.97 bits per heavy atom. The molecule has 2 N–H and O–H groups in total. The van der Waals surface area contributed by atoms with E-state index in [0.29, 0.717) is 17.4 Å². The van der Waals surface area contributed by atoms with E-state index in [-0.39, 0.29) is 18.3 Å². The maximum absolute atomic E-state index is 12.8. The maximum atomic E-state index is 12.8. The minimum absolute atomic E-state index is 0. The number of nitrogens with zero attached hydrogens (tertiary/aromatic N) is 2. The molecule has 0 unspecified atom stereocenters. The van der Waals surface area contributed by atoms with Crippen LogP contribution in [-0.4, -0.2) is 38.4 Å². The van der Waals surface area contributed by atoms with Crippen LogP contribution in [0.2, 0.25) is 0 Å². The Balaban J connectivity index is 0.00000289. The van der Waals surface area contributed by atoms with Gasteiger partial charge in [-0.1, -0.05) is 24.3 Å². The number of nitrogens with one attached hydrogen (secondary N) is 2. The predicted molar refractivity (Wildman–Crippen MR) is 125 cm³/mol. The summed E-state index contributed by atoms with van der Waals surface area (Å²) in [5, 5.41) is 5.38. The van der Waals surface area contributed by atoms with E-state index >= 15 is 0 Å². The lowest BCUT2D eigenvalue weighted by Gasteiger charge is -2.18. The first-order valence-electron chi connectivity index (χ1n) is 10.1. The zero-order valence-corrected chi connectivity index (χ0v) is 18.7. The summed E-state index contributed by atoms with van der Waals surface area (Å²) in [4.78, 5) is 18.6. The largest absolute Gasteiger partial charge is 0.311 e. The Labute approximate surface area is 187 Å². The number of amides is 1. The normalized spacial score (nSPS) is 16.6. The number of benzene rings is 2. The second-order valence-corrected chi connectivity index (χ2v) is 9.98. The maximum Gasteiger partial charge on any atom is 0.263 e. The van der Waals surface area contributed by atoms with Gasteiger partial charge in [-0.25, -0.2) is 13.4 Å². The van der Waals surface area contributed by atoms with Gasteiger partial charge in [-0.05, 0) is 61.7 Å². The van der Waals surface area contributed by atoms with Crippen LogP contribution in [0.5, 0.6) is 0 Å². The van der Waals surface area contributed by atoms with Crippen LogP contribution in [0.3, 0.4) is 0 Å². The van der Waals surface area contributed by atoms with E-state index in [1.54, 1.807) is 22.4 Å². The summed E-state index contributed by atoms with van der Waals surface area (Å²) in [6.07, 6.45) is 3.13. The molecule has 1 aliphatic heterocycles. The van der Waals surface area contributed by atoms with Crippen LogP contribution in [0, 0.1) is 6.92 Å². The predicted octanol–water partition coefficient (Wildman–Crippen LogP) is 3.44. The van der Waals surface area contributed by atoms with Gasteiger partial charge in [0.05, 0.1) is 10.9 Å². The van der Waals surface area contributed by atoms with Gasteiger partial charge < -0.3 is 10.2 Å². The number of carbonyl (C=O) groups excluding carboxylic acids is 1. The lowest BCUT2D eigenvalue weighted by molar-refractivity contribution is -0.118. The minimum Gasteiger partial charge on any atom is -0.311 e. The molecule has 1 aromatic heterocycles. The first-order valence-corrected chi connectivity index (χ1v) is 12.4. The van der Waals surface area contributed by atoms with Crippen molar-refractivity contribution in [1.29, 1.82) is 0 Å². The van der Waals surface area contributed by atoms with Crippen molar-refractivity contribution in [3.8, 4) is 0 Å². The van der Waals surface area contributed by atoms with Crippen molar-refractivity contribution < 1.29 is 14.6 Å². The van der Waals surface area contributed by atoms with E-state index < -0.39 is 10.0 Å². The van der Waals surface area contributed by atoms with E-state index in [4.69, 9.17) is 0 Å². The summed E-state index contributed by atoms with van der Waals surface area (Å²) in [6, 6.07) is 14.4. The van der Waals surface area contributed by atoms with Gasteiger partial charge in [0, 0.05) is 25.2 Å². The van der Waals surface area contributed by atoms with E-state index in [0.717, 1.165) is 19.4 Å². The van der Waals surface area contributed by atoms with Gasteiger partial charge in [-0.3, -0.25) is 9.52 Å². The van der Waals surface area contributed by atoms with Gasteiger partial charge in [0.15, 0.2) is 5.13 Å². The molecule has 0 spiro atoms. The number of hydrogen-bond donors (Lipinski definition) is 2. The van der Waals surface area contributed by atoms with Gasteiger partial charge >= 0.3 is 0 Å². The van der Waals surface area contributed by atoms with Gasteiger partial charge in [-0.2, -0.15) is 0 Å². The number of carbonyl (C=O) groups is 1. The number of hydrogen-bond acceptors (Lipinski definition) is 6. The smallest absolute Gasteiger partial charge is 0.263 e. The molecule has 1 atom stereocenters. The van der Waals surface area contributed by atoms with Gasteiger partial charge in [0.25, 0.3) is 10.0 Å². The van der Waals surface area contributed by atoms with Gasteiger partial charge in [0.1, 0.15) is 0 Å². The van der Waals surface area contributed by atoms with Crippen molar-refractivity contribution in [3.05, 3.63) is 71.2 Å². The van der Waals surface area contributed by atoms with Crippen molar-refractivity contribution in [2.45, 2.75) is 30.7 Å². The first-order chi connectivity index (χ1) is 14.9. The molecular formula is C22H26N4O3S2. The number of anilines is 2. The summed E-state index contributed by atoms with van der Waals surface area (Å²) in [6.45, 7) is 3.42. The molecule has 1 fully saturated rings. The minimum atomic E-state index is -3.71. The van der Waals surface area contributed by atoms with Crippen molar-refractivity contribution >= 4 is 38.1 Å². The topological polar surface area (TPSA) is 91.4 Å². The third-order valence-electron chi connectivity index (χ3n) is 5.36. The van der Waals surface area contributed by atoms with E-state index in [1.807, 2.05) is 12.1 Å². The second kappa shape index (κ2) is 9.17. The van der Waals surface area contributed by atoms with Crippen LogP contribution in [0.1, 0.15) is 19.0 Å². The fourth-order valence-corrected chi connectivity index (χ4v) is 5.44. The molecule has 2 aromatic carbocycles. The fraction of sp³-hybridized carbons (Fsp3) is 0.273. The van der Waals surface area contributed by atoms with Crippen LogP contribution in [0.4, 0.5) is 10.8 Å². The Hall–Kier alpha value is -2.75. The zero-order valence-electron chi connectivity index (χ0n) is 17.1. The summed E-state index contributed by atoms with van der Waals surface area (Å²) < 4.78 is 27.4. The van der Waals surface area contributed by atoms with Crippen LogP contribution in [0.15, 0.2) is 65.0 Å². The number of aryl methyl sites for hydroxylation is 1. The molecule has 0 aliphatic carbocycles. The fourth-order valence-electron chi connectivity index (χ4n) is 3.65. The van der Waals surface area contributed by atoms with Crippen molar-refractivity contribution in [3.63, 3.8) is 0 Å². The molecule has 0 bridgehead atoms. The number of thiazole rings is 1. The summed E-state index contributed by atoms with van der Waals surface area (Å²) >= 11 is 1.21. The highest BCUT2D eigenvalue weighted by atomic mass is 32.2. The lowest BCUT2D eigenvalue weighted by Crippen LogP contribution is -2.39. The van der Waals surface area contributed by atoms with Crippen molar-refractivity contribution in [2.75, 3.05) is 22.7 Å². The number of rotatable bonds is 8. The second-order valence-electron chi connectivity index (χ2n) is 7.40. The third-order valence-corrected chi connectivity index (χ3v) is 7.54. The molecule has 164 valence electrons. The number of sulfonamides is 1. The molecular weight excluding hydrogens is 432 g/mol. The Morgan fingerprint density at radius 3 is 2.68 bits per heavy atom. The molecule has 7 nitrogen and oxygen atoms in total. The molecule has 9 heteroatoms. The Bertz CT molecular complexity index is 1150. The highest BCUT2D eigenvalue weighted by Crippen LogP contribution is 2.25. The number of aromatic nitrogens is 1. The quantitative estimate of drug-likeness (QED) is 0.540. The monoisotopic (exact) mass is 458 g/mol. The average molecular weight is 459 g/mol. The molecule has 2 heterocycles. The molecule has 0 radical (unpaired) electrons. The highest BCUT2D eigenvalue weighted by Gasteiger charge is 2.32. The van der Waals surface area contributed by atoms with Gasteiger partial charge in [0.2, 0.25) is 5.91 Å². The Morgan fingerprint density at radius 1 is 1.19 bits per heavy atom. The van der Waals surface area contributed by atoms with Crippen LogP contribution in [-0.2, 0) is 21.2 Å². The average Bonchev–Trinajstić information content (AvgIpc) is 3.39. The molecule has 1 saturated heterocycles. The summed E-state index contributed by atoms with van der Waals surface area (Å²) in [7, 11) is -3.71. The summed E-state index contributed by atoms with van der Waals surface area (Å²) in [5.74, 6) is 0.0151. The zero-order chi connectivity index (χ0) is 21.8. The molecule has 3 aromatic rings. The van der Waals surface area contributed by atoms with E-state index in [2.05, 4.69) is 34.1 Å². The molecule has 1 amide bonds. The lowest BCUT2D eigenvalue weighted by atomic mass is 10.1. The van der Waals surface area contributed by atoms with Crippen LogP contribution >= 0.6 is 11.3 Å². The molecule has 4 rings (SSSR count). The SMILES string of the molecule is Cc1ccccc1CCN[C@H]1CCN(c2ccc(S(=O)(=O)Nc3nccs3)cc2)C1=O.[HH]. The van der Waals surface area contributed by atoms with Crippen molar-refractivity contribution in [2.24, 2.45) is 0 Å². The Kier molecular flexibility index (Phi) is 6.35. The van der Waals surface area contributed by atoms with Gasteiger partial charge in [-0.15, -0.1) is 11.3 Å². The van der Waals surface area contributed by atoms with Crippen LogP contribution in [0.25, 0.3) is 0 Å². The highest BCUT2D eigenvalue weighted by molar-refractivity contribution is 7.93. The molecule has 1 aliphatic rings. The van der Waals surface area contributed by atoms with E-state index in [1.165, 1.54) is 40.8 Å². The van der Waals surface area contributed by atoms with Crippen molar-refractivity contribution in [1.82, 2.24) is 10.3 Å². The van der Waals surface area contributed by atoms with E-state index in [9.17, 15) is 13.2 Å². The first kappa shape index (κ1) is 21.5. The molecule has 0 saturated carbocycles. The van der Waals surface area contributed by atoms with Crippen LogP contribution < -0.4 is 14.9 Å². The molecule has 31 heavy (non-hydrogen) atoms. The summed E-state index contributed by atoms with van der Waals surface area (Å²) in [5.41, 5.74) is 3.23.